The third-order valence-corrected chi connectivity index (χ3v) is 2.29. The lowest BCUT2D eigenvalue weighted by atomic mass is 10.2. The SMILES string of the molecule is CC(C)c1nc(C(=O)/C=C/c2cnn(C)n2)co1. The van der Waals surface area contributed by atoms with Crippen LogP contribution in [-0.4, -0.2) is 25.8 Å². The van der Waals surface area contributed by atoms with Gasteiger partial charge in [-0.1, -0.05) is 13.8 Å². The summed E-state index contributed by atoms with van der Waals surface area (Å²) < 4.78 is 5.21. The molecule has 18 heavy (non-hydrogen) atoms. The van der Waals surface area contributed by atoms with E-state index in [2.05, 4.69) is 15.2 Å². The van der Waals surface area contributed by atoms with E-state index in [9.17, 15) is 4.79 Å². The smallest absolute Gasteiger partial charge is 0.207 e. The van der Waals surface area contributed by atoms with Crippen LogP contribution < -0.4 is 0 Å². The Bertz CT molecular complexity index is 580. The Labute approximate surface area is 104 Å². The van der Waals surface area contributed by atoms with Gasteiger partial charge < -0.3 is 4.42 Å². The van der Waals surface area contributed by atoms with E-state index in [4.69, 9.17) is 4.42 Å². The maximum Gasteiger partial charge on any atom is 0.207 e. The molecule has 2 heterocycles. The highest BCUT2D eigenvalue weighted by Gasteiger charge is 2.11. The van der Waals surface area contributed by atoms with Crippen molar-refractivity contribution in [2.24, 2.45) is 7.05 Å². The fourth-order valence-corrected chi connectivity index (χ4v) is 1.35. The van der Waals surface area contributed by atoms with Crippen molar-refractivity contribution in [1.29, 1.82) is 0 Å². The highest BCUT2D eigenvalue weighted by Crippen LogP contribution is 2.13. The van der Waals surface area contributed by atoms with Gasteiger partial charge in [0.2, 0.25) is 5.78 Å². The van der Waals surface area contributed by atoms with E-state index in [1.165, 1.54) is 17.1 Å². The topological polar surface area (TPSA) is 73.8 Å². The van der Waals surface area contributed by atoms with Crippen molar-refractivity contribution in [3.63, 3.8) is 0 Å². The van der Waals surface area contributed by atoms with Crippen molar-refractivity contribution < 1.29 is 9.21 Å². The van der Waals surface area contributed by atoms with Crippen LogP contribution >= 0.6 is 0 Å². The maximum atomic E-state index is 11.8. The van der Waals surface area contributed by atoms with Gasteiger partial charge in [-0.3, -0.25) is 4.79 Å². The molecule has 0 aromatic carbocycles. The number of allylic oxidation sites excluding steroid dienone is 1. The molecule has 0 spiro atoms. The third-order valence-electron chi connectivity index (χ3n) is 2.29. The fourth-order valence-electron chi connectivity index (χ4n) is 1.35. The monoisotopic (exact) mass is 246 g/mol. The molecule has 0 aliphatic heterocycles. The molecule has 2 aromatic rings. The largest absolute Gasteiger partial charge is 0.448 e. The molecule has 6 heteroatoms. The first kappa shape index (κ1) is 12.2. The Balaban J connectivity index is 2.09. The second-order valence-electron chi connectivity index (χ2n) is 4.18. The number of rotatable bonds is 4. The number of aryl methyl sites for hydroxylation is 1. The summed E-state index contributed by atoms with van der Waals surface area (Å²) in [6.07, 6.45) is 5.95. The molecule has 2 aromatic heterocycles. The summed E-state index contributed by atoms with van der Waals surface area (Å²) in [6, 6.07) is 0. The molecule has 0 unspecified atom stereocenters. The summed E-state index contributed by atoms with van der Waals surface area (Å²) in [4.78, 5) is 17.3. The molecule has 0 amide bonds. The molecule has 0 aliphatic carbocycles. The Hall–Kier alpha value is -2.24. The van der Waals surface area contributed by atoms with Crippen LogP contribution in [0.4, 0.5) is 0 Å². The Morgan fingerprint density at radius 3 is 2.83 bits per heavy atom. The average Bonchev–Trinajstić information content (AvgIpc) is 2.94. The van der Waals surface area contributed by atoms with E-state index >= 15 is 0 Å². The van der Waals surface area contributed by atoms with Gasteiger partial charge in [0, 0.05) is 13.0 Å². The number of hydrogen-bond donors (Lipinski definition) is 0. The van der Waals surface area contributed by atoms with Crippen LogP contribution in [-0.2, 0) is 7.05 Å². The summed E-state index contributed by atoms with van der Waals surface area (Å²) in [5.74, 6) is 0.512. The van der Waals surface area contributed by atoms with Gasteiger partial charge in [0.25, 0.3) is 0 Å². The highest BCUT2D eigenvalue weighted by atomic mass is 16.3. The summed E-state index contributed by atoms with van der Waals surface area (Å²) in [5.41, 5.74) is 0.928. The number of carbonyl (C=O) groups is 1. The van der Waals surface area contributed by atoms with E-state index in [1.807, 2.05) is 13.8 Å². The lowest BCUT2D eigenvalue weighted by Gasteiger charge is -1.93. The molecule has 6 nitrogen and oxygen atoms in total. The average molecular weight is 246 g/mol. The second-order valence-corrected chi connectivity index (χ2v) is 4.18. The van der Waals surface area contributed by atoms with Crippen molar-refractivity contribution in [2.45, 2.75) is 19.8 Å². The van der Waals surface area contributed by atoms with Gasteiger partial charge in [-0.05, 0) is 12.2 Å². The predicted octanol–water partition coefficient (Wildman–Crippen LogP) is 1.82. The number of carbonyl (C=O) groups excluding carboxylic acids is 1. The molecule has 94 valence electrons. The van der Waals surface area contributed by atoms with E-state index < -0.39 is 0 Å². The van der Waals surface area contributed by atoms with Gasteiger partial charge in [0.15, 0.2) is 5.89 Å². The molecule has 0 aliphatic rings. The van der Waals surface area contributed by atoms with Crippen LogP contribution in [0.2, 0.25) is 0 Å². The zero-order valence-electron chi connectivity index (χ0n) is 10.5. The van der Waals surface area contributed by atoms with Crippen molar-refractivity contribution in [3.8, 4) is 0 Å². The molecule has 0 saturated carbocycles. The van der Waals surface area contributed by atoms with Gasteiger partial charge in [-0.2, -0.15) is 15.0 Å². The standard InChI is InChI=1S/C12H14N4O2/c1-8(2)12-14-10(7-18-12)11(17)5-4-9-6-13-16(3)15-9/h4-8H,1-3H3/b5-4+. The zero-order chi connectivity index (χ0) is 13.1. The molecule has 0 radical (unpaired) electrons. The van der Waals surface area contributed by atoms with Crippen LogP contribution in [0.3, 0.4) is 0 Å². The summed E-state index contributed by atoms with van der Waals surface area (Å²) >= 11 is 0. The lowest BCUT2D eigenvalue weighted by Crippen LogP contribution is -1.96. The first-order valence-corrected chi connectivity index (χ1v) is 5.60. The minimum Gasteiger partial charge on any atom is -0.448 e. The molecule has 0 bridgehead atoms. The van der Waals surface area contributed by atoms with Crippen LogP contribution in [0, 0.1) is 0 Å². The highest BCUT2D eigenvalue weighted by molar-refractivity contribution is 6.05. The van der Waals surface area contributed by atoms with Gasteiger partial charge in [0.05, 0.1) is 6.20 Å². The predicted molar refractivity (Wildman–Crippen MR) is 65.0 cm³/mol. The van der Waals surface area contributed by atoms with Crippen LogP contribution in [0.25, 0.3) is 6.08 Å². The van der Waals surface area contributed by atoms with Crippen LogP contribution in [0.5, 0.6) is 0 Å². The number of ketones is 1. The number of oxazole rings is 1. The van der Waals surface area contributed by atoms with E-state index in [1.54, 1.807) is 19.3 Å². The van der Waals surface area contributed by atoms with Gasteiger partial charge >= 0.3 is 0 Å². The van der Waals surface area contributed by atoms with E-state index in [0.717, 1.165) is 0 Å². The van der Waals surface area contributed by atoms with Crippen molar-refractivity contribution in [3.05, 3.63) is 35.8 Å². The molecule has 0 N–H and O–H groups in total. The minimum atomic E-state index is -0.212. The van der Waals surface area contributed by atoms with Gasteiger partial charge in [-0.25, -0.2) is 4.98 Å². The summed E-state index contributed by atoms with van der Waals surface area (Å²) in [7, 11) is 1.71. The van der Waals surface area contributed by atoms with Crippen molar-refractivity contribution >= 4 is 11.9 Å². The van der Waals surface area contributed by atoms with Gasteiger partial charge in [-0.15, -0.1) is 0 Å². The lowest BCUT2D eigenvalue weighted by molar-refractivity contribution is 0.104. The molecular weight excluding hydrogens is 232 g/mol. The molecule has 0 saturated heterocycles. The molecule has 2 rings (SSSR count). The first-order chi connectivity index (χ1) is 8.56. The summed E-state index contributed by atoms with van der Waals surface area (Å²) in [5, 5.41) is 7.94. The maximum absolute atomic E-state index is 11.8. The number of aromatic nitrogens is 4. The minimum absolute atomic E-state index is 0.163. The fraction of sp³-hybridized carbons (Fsp3) is 0.333. The number of hydrogen-bond acceptors (Lipinski definition) is 5. The van der Waals surface area contributed by atoms with E-state index in [-0.39, 0.29) is 11.7 Å². The quantitative estimate of drug-likeness (QED) is 0.607. The van der Waals surface area contributed by atoms with E-state index in [0.29, 0.717) is 17.3 Å². The molecule has 0 atom stereocenters. The zero-order valence-corrected chi connectivity index (χ0v) is 10.5. The van der Waals surface area contributed by atoms with Crippen molar-refractivity contribution in [1.82, 2.24) is 20.0 Å². The Morgan fingerprint density at radius 1 is 1.50 bits per heavy atom. The van der Waals surface area contributed by atoms with Gasteiger partial charge in [0.1, 0.15) is 17.7 Å². The summed E-state index contributed by atoms with van der Waals surface area (Å²) in [6.45, 7) is 3.91. The third kappa shape index (κ3) is 2.71. The number of nitrogens with zero attached hydrogens (tertiary/aromatic N) is 4. The Morgan fingerprint density at radius 2 is 2.28 bits per heavy atom. The molecule has 0 fully saturated rings. The van der Waals surface area contributed by atoms with Crippen LogP contribution in [0.15, 0.2) is 23.0 Å². The second kappa shape index (κ2) is 4.95. The van der Waals surface area contributed by atoms with Crippen molar-refractivity contribution in [2.75, 3.05) is 0 Å². The Kier molecular flexibility index (Phi) is 3.36. The van der Waals surface area contributed by atoms with Crippen LogP contribution in [0.1, 0.15) is 41.8 Å². The molecular formula is C12H14N4O2. The first-order valence-electron chi connectivity index (χ1n) is 5.60. The normalized spacial score (nSPS) is 11.6.